The first-order chi connectivity index (χ1) is 8.45. The molecule has 0 spiro atoms. The Morgan fingerprint density at radius 1 is 1.44 bits per heavy atom. The second-order valence-electron chi connectivity index (χ2n) is 3.85. The molecule has 0 aliphatic rings. The van der Waals surface area contributed by atoms with Crippen molar-refractivity contribution in [3.8, 4) is 0 Å². The van der Waals surface area contributed by atoms with E-state index in [1.54, 1.807) is 11.0 Å². The lowest BCUT2D eigenvalue weighted by Gasteiger charge is -2.13. The number of rotatable bonds is 5. The molecule has 0 bridgehead atoms. The lowest BCUT2D eigenvalue weighted by Crippen LogP contribution is -2.43. The smallest absolute Gasteiger partial charge is 0.328 e. The standard InChI is InChI=1S/C11H15N3O4/c1-14(2)9-4-3-7(5-12-9)10(16)13-8(6-15)11(17)18/h3-5,8,15H,6H2,1-2H3,(H,13,16)(H,17,18). The van der Waals surface area contributed by atoms with Gasteiger partial charge in [0.1, 0.15) is 5.82 Å². The molecule has 0 saturated heterocycles. The number of nitrogens with one attached hydrogen (secondary N) is 1. The van der Waals surface area contributed by atoms with Crippen molar-refractivity contribution in [1.29, 1.82) is 0 Å². The van der Waals surface area contributed by atoms with Gasteiger partial charge in [0.25, 0.3) is 5.91 Å². The highest BCUT2D eigenvalue weighted by molar-refractivity contribution is 5.96. The van der Waals surface area contributed by atoms with Crippen molar-refractivity contribution in [3.63, 3.8) is 0 Å². The van der Waals surface area contributed by atoms with Gasteiger partial charge in [-0.3, -0.25) is 4.79 Å². The lowest BCUT2D eigenvalue weighted by atomic mass is 10.2. The first-order valence-electron chi connectivity index (χ1n) is 5.23. The molecule has 3 N–H and O–H groups in total. The number of aliphatic carboxylic acids is 1. The summed E-state index contributed by atoms with van der Waals surface area (Å²) in [5.41, 5.74) is 0.236. The summed E-state index contributed by atoms with van der Waals surface area (Å²) < 4.78 is 0. The quantitative estimate of drug-likeness (QED) is 0.642. The maximum atomic E-state index is 11.7. The predicted octanol–water partition coefficient (Wildman–Crippen LogP) is -0.677. The van der Waals surface area contributed by atoms with Gasteiger partial charge < -0.3 is 20.4 Å². The number of aliphatic hydroxyl groups is 1. The van der Waals surface area contributed by atoms with Crippen molar-refractivity contribution in [2.75, 3.05) is 25.6 Å². The zero-order chi connectivity index (χ0) is 13.7. The van der Waals surface area contributed by atoms with Gasteiger partial charge in [0, 0.05) is 20.3 Å². The lowest BCUT2D eigenvalue weighted by molar-refractivity contribution is -0.140. The molecule has 0 fully saturated rings. The minimum Gasteiger partial charge on any atom is -0.480 e. The molecule has 7 heteroatoms. The monoisotopic (exact) mass is 253 g/mol. The summed E-state index contributed by atoms with van der Waals surface area (Å²) in [7, 11) is 3.63. The van der Waals surface area contributed by atoms with Gasteiger partial charge in [-0.2, -0.15) is 0 Å². The third-order valence-electron chi connectivity index (χ3n) is 2.25. The number of carbonyl (C=O) groups is 2. The van der Waals surface area contributed by atoms with Gasteiger partial charge in [-0.25, -0.2) is 9.78 Å². The number of aliphatic hydroxyl groups excluding tert-OH is 1. The van der Waals surface area contributed by atoms with E-state index in [4.69, 9.17) is 10.2 Å². The van der Waals surface area contributed by atoms with E-state index in [-0.39, 0.29) is 5.56 Å². The largest absolute Gasteiger partial charge is 0.480 e. The molecular weight excluding hydrogens is 238 g/mol. The van der Waals surface area contributed by atoms with Crippen LogP contribution in [0.2, 0.25) is 0 Å². The molecule has 0 aliphatic carbocycles. The van der Waals surface area contributed by atoms with Crippen LogP contribution in [-0.4, -0.2) is 53.8 Å². The van der Waals surface area contributed by atoms with Crippen LogP contribution >= 0.6 is 0 Å². The van der Waals surface area contributed by atoms with Crippen LogP contribution in [0.3, 0.4) is 0 Å². The van der Waals surface area contributed by atoms with Gasteiger partial charge in [-0.1, -0.05) is 0 Å². The van der Waals surface area contributed by atoms with Crippen LogP contribution in [0.4, 0.5) is 5.82 Å². The third-order valence-corrected chi connectivity index (χ3v) is 2.25. The average molecular weight is 253 g/mol. The van der Waals surface area contributed by atoms with Crippen molar-refractivity contribution < 1.29 is 19.8 Å². The number of hydrogen-bond acceptors (Lipinski definition) is 5. The Balaban J connectivity index is 2.75. The Hall–Kier alpha value is -2.15. The molecule has 7 nitrogen and oxygen atoms in total. The van der Waals surface area contributed by atoms with E-state index < -0.39 is 24.5 Å². The number of carboxylic acid groups (broad SMARTS) is 1. The molecule has 1 amide bonds. The summed E-state index contributed by atoms with van der Waals surface area (Å²) in [6.07, 6.45) is 1.35. The first kappa shape index (κ1) is 13.9. The SMILES string of the molecule is CN(C)c1ccc(C(=O)NC(CO)C(=O)O)cn1. The topological polar surface area (TPSA) is 103 Å². The number of nitrogens with zero attached hydrogens (tertiary/aromatic N) is 2. The molecule has 0 saturated carbocycles. The van der Waals surface area contributed by atoms with Crippen LogP contribution < -0.4 is 10.2 Å². The second-order valence-corrected chi connectivity index (χ2v) is 3.85. The van der Waals surface area contributed by atoms with Crippen LogP contribution in [0.25, 0.3) is 0 Å². The number of carbonyl (C=O) groups excluding carboxylic acids is 1. The van der Waals surface area contributed by atoms with Crippen molar-refractivity contribution in [3.05, 3.63) is 23.9 Å². The summed E-state index contributed by atoms with van der Waals surface area (Å²) in [4.78, 5) is 28.1. The summed E-state index contributed by atoms with van der Waals surface area (Å²) in [5.74, 6) is -1.19. The van der Waals surface area contributed by atoms with Crippen LogP contribution in [0.15, 0.2) is 18.3 Å². The molecule has 1 atom stereocenters. The van der Waals surface area contributed by atoms with E-state index in [1.807, 2.05) is 14.1 Å². The maximum Gasteiger partial charge on any atom is 0.328 e. The highest BCUT2D eigenvalue weighted by Crippen LogP contribution is 2.07. The van der Waals surface area contributed by atoms with Crippen LogP contribution in [0, 0.1) is 0 Å². The van der Waals surface area contributed by atoms with E-state index in [9.17, 15) is 9.59 Å². The van der Waals surface area contributed by atoms with E-state index in [2.05, 4.69) is 10.3 Å². The summed E-state index contributed by atoms with van der Waals surface area (Å²) >= 11 is 0. The van der Waals surface area contributed by atoms with Gasteiger partial charge in [0.05, 0.1) is 12.2 Å². The second kappa shape index (κ2) is 5.97. The number of anilines is 1. The van der Waals surface area contributed by atoms with E-state index in [0.717, 1.165) is 0 Å². The van der Waals surface area contributed by atoms with Crippen molar-refractivity contribution in [1.82, 2.24) is 10.3 Å². The molecule has 1 aromatic rings. The molecule has 18 heavy (non-hydrogen) atoms. The van der Waals surface area contributed by atoms with E-state index >= 15 is 0 Å². The summed E-state index contributed by atoms with van der Waals surface area (Å²) in [5, 5.41) is 19.7. The molecular formula is C11H15N3O4. The highest BCUT2D eigenvalue weighted by atomic mass is 16.4. The van der Waals surface area contributed by atoms with E-state index in [1.165, 1.54) is 12.3 Å². The summed E-state index contributed by atoms with van der Waals surface area (Å²) in [6.45, 7) is -0.662. The van der Waals surface area contributed by atoms with Gasteiger partial charge in [0.2, 0.25) is 0 Å². The summed E-state index contributed by atoms with van der Waals surface area (Å²) in [6, 6.07) is 1.86. The zero-order valence-corrected chi connectivity index (χ0v) is 10.1. The molecule has 1 unspecified atom stereocenters. The maximum absolute atomic E-state index is 11.7. The number of amides is 1. The van der Waals surface area contributed by atoms with Gasteiger partial charge in [-0.15, -0.1) is 0 Å². The van der Waals surface area contributed by atoms with Gasteiger partial charge in [-0.05, 0) is 12.1 Å². The Kier molecular flexibility index (Phi) is 4.61. The predicted molar refractivity (Wildman–Crippen MR) is 64.5 cm³/mol. The fourth-order valence-corrected chi connectivity index (χ4v) is 1.21. The normalized spacial score (nSPS) is 11.7. The minimum absolute atomic E-state index is 0.236. The minimum atomic E-state index is -1.31. The van der Waals surface area contributed by atoms with Gasteiger partial charge in [0.15, 0.2) is 6.04 Å². The molecule has 0 aromatic carbocycles. The fraction of sp³-hybridized carbons (Fsp3) is 0.364. The zero-order valence-electron chi connectivity index (χ0n) is 10.1. The Morgan fingerprint density at radius 2 is 2.11 bits per heavy atom. The average Bonchev–Trinajstić information content (AvgIpc) is 2.35. The first-order valence-corrected chi connectivity index (χ1v) is 5.23. The van der Waals surface area contributed by atoms with Crippen molar-refractivity contribution in [2.45, 2.75) is 6.04 Å². The third kappa shape index (κ3) is 3.42. The molecule has 0 radical (unpaired) electrons. The van der Waals surface area contributed by atoms with Crippen molar-refractivity contribution in [2.24, 2.45) is 0 Å². The van der Waals surface area contributed by atoms with E-state index in [0.29, 0.717) is 5.82 Å². The highest BCUT2D eigenvalue weighted by Gasteiger charge is 2.19. The molecule has 1 heterocycles. The number of aromatic nitrogens is 1. The Morgan fingerprint density at radius 3 is 2.50 bits per heavy atom. The van der Waals surface area contributed by atoms with Crippen molar-refractivity contribution >= 4 is 17.7 Å². The van der Waals surface area contributed by atoms with Crippen LogP contribution in [-0.2, 0) is 4.79 Å². The molecule has 0 aliphatic heterocycles. The van der Waals surface area contributed by atoms with Gasteiger partial charge >= 0.3 is 5.97 Å². The van der Waals surface area contributed by atoms with Crippen LogP contribution in [0.5, 0.6) is 0 Å². The fourth-order valence-electron chi connectivity index (χ4n) is 1.21. The number of pyridine rings is 1. The number of carboxylic acids is 1. The van der Waals surface area contributed by atoms with Crippen LogP contribution in [0.1, 0.15) is 10.4 Å². The number of hydrogen-bond donors (Lipinski definition) is 3. The Bertz CT molecular complexity index is 430. The molecule has 1 aromatic heterocycles. The molecule has 1 rings (SSSR count). The molecule has 98 valence electrons. The Labute approximate surface area is 104 Å².